The van der Waals surface area contributed by atoms with E-state index in [-0.39, 0.29) is 30.4 Å². The average molecular weight is 448 g/mol. The molecule has 3 rings (SSSR count). The standard InChI is InChI=1S/C24H33NO5S/c1-24(2,3)12-10-17-14-18(21(31-17)23(28)29-4)25-19(16-8-6-5-7-9-16)15-30-20(11-13-26)22(25)27/h14,16,19-20,26H,5-9,11,13,15H2,1-4H3. The van der Waals surface area contributed by atoms with Crippen LogP contribution in [0.1, 0.15) is 73.8 Å². The number of esters is 1. The molecule has 2 unspecified atom stereocenters. The number of hydrogen-bond acceptors (Lipinski definition) is 6. The number of hydrogen-bond donors (Lipinski definition) is 1. The third-order valence-corrected chi connectivity index (χ3v) is 6.82. The van der Waals surface area contributed by atoms with Crippen molar-refractivity contribution in [3.05, 3.63) is 15.8 Å². The Morgan fingerprint density at radius 1 is 1.32 bits per heavy atom. The lowest BCUT2D eigenvalue weighted by Gasteiger charge is -2.43. The smallest absolute Gasteiger partial charge is 0.350 e. The van der Waals surface area contributed by atoms with E-state index in [2.05, 4.69) is 11.8 Å². The topological polar surface area (TPSA) is 76.1 Å². The number of morpholine rings is 1. The van der Waals surface area contributed by atoms with Crippen molar-refractivity contribution < 1.29 is 24.2 Å². The molecule has 7 heteroatoms. The summed E-state index contributed by atoms with van der Waals surface area (Å²) in [7, 11) is 1.35. The summed E-state index contributed by atoms with van der Waals surface area (Å²) >= 11 is 1.26. The van der Waals surface area contributed by atoms with Gasteiger partial charge in [0.15, 0.2) is 0 Å². The van der Waals surface area contributed by atoms with Crippen LogP contribution in [0.25, 0.3) is 0 Å². The van der Waals surface area contributed by atoms with Gasteiger partial charge in [-0.25, -0.2) is 4.79 Å². The van der Waals surface area contributed by atoms with Crippen molar-refractivity contribution in [3.63, 3.8) is 0 Å². The second-order valence-corrected chi connectivity index (χ2v) is 10.4. The van der Waals surface area contributed by atoms with Crippen LogP contribution in [0.15, 0.2) is 6.07 Å². The third kappa shape index (κ3) is 5.68. The summed E-state index contributed by atoms with van der Waals surface area (Å²) in [6.07, 6.45) is 5.09. The first-order valence-electron chi connectivity index (χ1n) is 11.1. The summed E-state index contributed by atoms with van der Waals surface area (Å²) < 4.78 is 10.9. The summed E-state index contributed by atoms with van der Waals surface area (Å²) in [6.45, 7) is 6.36. The van der Waals surface area contributed by atoms with Gasteiger partial charge >= 0.3 is 5.97 Å². The molecule has 2 atom stereocenters. The fourth-order valence-corrected chi connectivity index (χ4v) is 5.20. The Bertz CT molecular complexity index is 854. The molecule has 1 aromatic rings. The fourth-order valence-electron chi connectivity index (χ4n) is 4.28. The minimum absolute atomic E-state index is 0.131. The number of ether oxygens (including phenoxy) is 2. The molecule has 1 aromatic heterocycles. The van der Waals surface area contributed by atoms with Gasteiger partial charge in [0.1, 0.15) is 11.0 Å². The zero-order valence-corrected chi connectivity index (χ0v) is 19.7. The van der Waals surface area contributed by atoms with Crippen LogP contribution in [0.5, 0.6) is 0 Å². The van der Waals surface area contributed by atoms with Crippen molar-refractivity contribution >= 4 is 28.9 Å². The molecule has 0 spiro atoms. The molecule has 2 heterocycles. The molecule has 1 amide bonds. The quantitative estimate of drug-likeness (QED) is 0.546. The monoisotopic (exact) mass is 447 g/mol. The Morgan fingerprint density at radius 2 is 2.03 bits per heavy atom. The zero-order chi connectivity index (χ0) is 22.6. The molecule has 0 bridgehead atoms. The Balaban J connectivity index is 2.05. The lowest BCUT2D eigenvalue weighted by Crippen LogP contribution is -2.57. The van der Waals surface area contributed by atoms with Crippen molar-refractivity contribution in [1.29, 1.82) is 0 Å². The molecule has 6 nitrogen and oxygen atoms in total. The van der Waals surface area contributed by atoms with E-state index in [0.29, 0.717) is 23.1 Å². The Kier molecular flexibility index (Phi) is 7.79. The van der Waals surface area contributed by atoms with Crippen molar-refractivity contribution in [1.82, 2.24) is 0 Å². The molecule has 1 aliphatic heterocycles. The first kappa shape index (κ1) is 23.8. The van der Waals surface area contributed by atoms with Gasteiger partial charge in [0.25, 0.3) is 5.91 Å². The van der Waals surface area contributed by atoms with Crippen LogP contribution < -0.4 is 4.90 Å². The number of rotatable bonds is 5. The van der Waals surface area contributed by atoms with Gasteiger partial charge in [-0.1, -0.05) is 31.1 Å². The van der Waals surface area contributed by atoms with E-state index in [1.54, 1.807) is 4.90 Å². The molecule has 2 fully saturated rings. The van der Waals surface area contributed by atoms with Crippen LogP contribution in [0.4, 0.5) is 5.69 Å². The summed E-state index contributed by atoms with van der Waals surface area (Å²) in [5.41, 5.74) is 0.378. The molecule has 1 saturated heterocycles. The van der Waals surface area contributed by atoms with Gasteiger partial charge in [-0.2, -0.15) is 0 Å². The molecule has 1 N–H and O–H groups in total. The minimum atomic E-state index is -0.709. The van der Waals surface area contributed by atoms with Crippen LogP contribution in [0, 0.1) is 23.2 Å². The summed E-state index contributed by atoms with van der Waals surface area (Å²) in [5, 5.41) is 9.40. The molecule has 31 heavy (non-hydrogen) atoms. The van der Waals surface area contributed by atoms with E-state index in [9.17, 15) is 14.7 Å². The third-order valence-electron chi connectivity index (χ3n) is 5.80. The van der Waals surface area contributed by atoms with Crippen LogP contribution >= 0.6 is 11.3 Å². The largest absolute Gasteiger partial charge is 0.465 e. The first-order chi connectivity index (χ1) is 14.7. The van der Waals surface area contributed by atoms with Crippen LogP contribution in [0.3, 0.4) is 0 Å². The second-order valence-electron chi connectivity index (χ2n) is 9.32. The summed E-state index contributed by atoms with van der Waals surface area (Å²) in [6, 6.07) is 1.70. The maximum atomic E-state index is 13.5. The van der Waals surface area contributed by atoms with E-state index in [4.69, 9.17) is 9.47 Å². The van der Waals surface area contributed by atoms with Gasteiger partial charge in [-0.05, 0) is 45.6 Å². The normalized spacial score (nSPS) is 22.7. The van der Waals surface area contributed by atoms with Crippen LogP contribution in [-0.4, -0.2) is 49.5 Å². The number of aliphatic hydroxyl groups excluding tert-OH is 1. The minimum Gasteiger partial charge on any atom is -0.465 e. The highest BCUT2D eigenvalue weighted by atomic mass is 32.1. The van der Waals surface area contributed by atoms with Crippen LogP contribution in [-0.2, 0) is 14.3 Å². The van der Waals surface area contributed by atoms with Gasteiger partial charge < -0.3 is 19.5 Å². The second kappa shape index (κ2) is 10.2. The lowest BCUT2D eigenvalue weighted by atomic mass is 9.82. The average Bonchev–Trinajstić information content (AvgIpc) is 3.17. The molecular weight excluding hydrogens is 414 g/mol. The molecular formula is C24H33NO5S. The summed E-state index contributed by atoms with van der Waals surface area (Å²) in [5.74, 6) is 6.01. The fraction of sp³-hybridized carbons (Fsp3) is 0.667. The van der Waals surface area contributed by atoms with Gasteiger partial charge in [0.2, 0.25) is 0 Å². The molecule has 1 saturated carbocycles. The Hall–Kier alpha value is -1.88. The van der Waals surface area contributed by atoms with Crippen molar-refractivity contribution in [3.8, 4) is 11.8 Å². The number of aliphatic hydroxyl groups is 1. The molecule has 0 radical (unpaired) electrons. The highest BCUT2D eigenvalue weighted by Crippen LogP contribution is 2.39. The first-order valence-corrected chi connectivity index (χ1v) is 11.9. The number of carbonyl (C=O) groups excluding carboxylic acids is 2. The van der Waals surface area contributed by atoms with Gasteiger partial charge in [0, 0.05) is 18.4 Å². The molecule has 1 aliphatic carbocycles. The lowest BCUT2D eigenvalue weighted by molar-refractivity contribution is -0.138. The van der Waals surface area contributed by atoms with E-state index >= 15 is 0 Å². The predicted octanol–water partition coefficient (Wildman–Crippen LogP) is 4.00. The van der Waals surface area contributed by atoms with Gasteiger partial charge in [0.05, 0.1) is 30.3 Å². The SMILES string of the molecule is COC(=O)c1sc(C#CC(C)(C)C)cc1N1C(=O)C(CCO)OCC1C1CCCCC1. The van der Waals surface area contributed by atoms with Crippen molar-refractivity contribution in [2.45, 2.75) is 71.4 Å². The number of carbonyl (C=O) groups is 2. The Labute approximate surface area is 188 Å². The van der Waals surface area contributed by atoms with Gasteiger partial charge in [-0.15, -0.1) is 11.3 Å². The highest BCUT2D eigenvalue weighted by Gasteiger charge is 2.42. The van der Waals surface area contributed by atoms with E-state index in [1.165, 1.54) is 24.9 Å². The maximum absolute atomic E-state index is 13.5. The highest BCUT2D eigenvalue weighted by molar-refractivity contribution is 7.15. The molecule has 2 aliphatic rings. The number of methoxy groups -OCH3 is 1. The molecule has 0 aromatic carbocycles. The number of nitrogens with zero attached hydrogens (tertiary/aromatic N) is 1. The zero-order valence-electron chi connectivity index (χ0n) is 18.9. The van der Waals surface area contributed by atoms with Crippen molar-refractivity contribution in [2.24, 2.45) is 11.3 Å². The Morgan fingerprint density at radius 3 is 2.65 bits per heavy atom. The number of thiophene rings is 1. The van der Waals surface area contributed by atoms with E-state index in [0.717, 1.165) is 30.6 Å². The molecule has 170 valence electrons. The predicted molar refractivity (Wildman–Crippen MR) is 121 cm³/mol. The van der Waals surface area contributed by atoms with E-state index in [1.807, 2.05) is 26.8 Å². The number of amides is 1. The van der Waals surface area contributed by atoms with E-state index < -0.39 is 12.1 Å². The van der Waals surface area contributed by atoms with Gasteiger partial charge in [-0.3, -0.25) is 4.79 Å². The van der Waals surface area contributed by atoms with Crippen LogP contribution in [0.2, 0.25) is 0 Å². The van der Waals surface area contributed by atoms with Crippen molar-refractivity contribution in [2.75, 3.05) is 25.2 Å². The maximum Gasteiger partial charge on any atom is 0.350 e. The summed E-state index contributed by atoms with van der Waals surface area (Å²) in [4.78, 5) is 29.0. The number of anilines is 1.